The fraction of sp³-hybridized carbons (Fsp3) is 0.500. The van der Waals surface area contributed by atoms with Crippen molar-refractivity contribution in [3.63, 3.8) is 0 Å². The van der Waals surface area contributed by atoms with Crippen molar-refractivity contribution in [1.82, 2.24) is 15.5 Å². The van der Waals surface area contributed by atoms with Gasteiger partial charge in [0, 0.05) is 12.6 Å². The Bertz CT molecular complexity index is 596. The van der Waals surface area contributed by atoms with Crippen LogP contribution in [0, 0.1) is 0 Å². The molecule has 0 unspecified atom stereocenters. The zero-order valence-electron chi connectivity index (χ0n) is 15.5. The van der Waals surface area contributed by atoms with Crippen LogP contribution in [-0.4, -0.2) is 48.0 Å². The van der Waals surface area contributed by atoms with Gasteiger partial charge in [0.15, 0.2) is 0 Å². The first-order valence-electron chi connectivity index (χ1n) is 8.11. The Morgan fingerprint density at radius 1 is 1.16 bits per heavy atom. The molecule has 7 nitrogen and oxygen atoms in total. The number of likely N-dealkylation sites (N-methyl/N-ethyl adjacent to an activating group) is 1. The average molecular weight is 349 g/mol. The van der Waals surface area contributed by atoms with Gasteiger partial charge in [-0.15, -0.1) is 0 Å². The van der Waals surface area contributed by atoms with Crippen LogP contribution in [0.4, 0.5) is 4.79 Å². The second kappa shape index (κ2) is 9.05. The summed E-state index contributed by atoms with van der Waals surface area (Å²) in [4.78, 5) is 37.1. The minimum absolute atomic E-state index is 0.0822. The molecule has 1 rings (SSSR count). The minimum atomic E-state index is -0.796. The second-order valence-corrected chi connectivity index (χ2v) is 6.92. The van der Waals surface area contributed by atoms with Gasteiger partial charge in [-0.3, -0.25) is 9.59 Å². The molecule has 1 atom stereocenters. The number of alkyl carbamates (subject to hydrolysis) is 1. The van der Waals surface area contributed by atoms with Crippen LogP contribution in [0.25, 0.3) is 0 Å². The molecule has 0 aliphatic carbocycles. The van der Waals surface area contributed by atoms with Crippen molar-refractivity contribution in [2.75, 3.05) is 13.6 Å². The highest BCUT2D eigenvalue weighted by Gasteiger charge is 2.23. The number of carbonyl (C=O) groups is 3. The lowest BCUT2D eigenvalue weighted by atomic mass is 10.1. The van der Waals surface area contributed by atoms with E-state index in [0.29, 0.717) is 0 Å². The number of rotatable bonds is 6. The standard InChI is InChI=1S/C18H27N3O4/c1-13(16(23)21(5)11-15(22)20-18(2,3)4)19-17(24)25-12-14-9-7-6-8-10-14/h6-10,13H,11-12H2,1-5H3,(H,19,24)(H,20,22)/t13-/m0/s1. The highest BCUT2D eigenvalue weighted by atomic mass is 16.5. The zero-order valence-corrected chi connectivity index (χ0v) is 15.5. The number of hydrogen-bond acceptors (Lipinski definition) is 4. The third-order valence-corrected chi connectivity index (χ3v) is 3.19. The van der Waals surface area contributed by atoms with E-state index in [2.05, 4.69) is 10.6 Å². The molecule has 25 heavy (non-hydrogen) atoms. The Morgan fingerprint density at radius 3 is 2.32 bits per heavy atom. The lowest BCUT2D eigenvalue weighted by Gasteiger charge is -2.25. The van der Waals surface area contributed by atoms with Crippen molar-refractivity contribution in [3.8, 4) is 0 Å². The molecule has 7 heteroatoms. The van der Waals surface area contributed by atoms with Crippen LogP contribution >= 0.6 is 0 Å². The number of amides is 3. The highest BCUT2D eigenvalue weighted by molar-refractivity contribution is 5.89. The summed E-state index contributed by atoms with van der Waals surface area (Å²) in [5.74, 6) is -0.636. The van der Waals surface area contributed by atoms with Crippen molar-refractivity contribution < 1.29 is 19.1 Å². The minimum Gasteiger partial charge on any atom is -0.445 e. The van der Waals surface area contributed by atoms with Gasteiger partial charge in [-0.25, -0.2) is 4.79 Å². The summed E-state index contributed by atoms with van der Waals surface area (Å²) < 4.78 is 5.08. The van der Waals surface area contributed by atoms with Crippen LogP contribution in [0.2, 0.25) is 0 Å². The SMILES string of the molecule is C[C@H](NC(=O)OCc1ccccc1)C(=O)N(C)CC(=O)NC(C)(C)C. The number of nitrogens with zero attached hydrogens (tertiary/aromatic N) is 1. The fourth-order valence-electron chi connectivity index (χ4n) is 2.08. The fourth-order valence-corrected chi connectivity index (χ4v) is 2.08. The molecule has 138 valence electrons. The molecule has 1 aromatic carbocycles. The van der Waals surface area contributed by atoms with Crippen LogP contribution in [0.15, 0.2) is 30.3 Å². The molecule has 0 bridgehead atoms. The van der Waals surface area contributed by atoms with Gasteiger partial charge in [0.25, 0.3) is 0 Å². The summed E-state index contributed by atoms with van der Waals surface area (Å²) in [7, 11) is 1.51. The van der Waals surface area contributed by atoms with Crippen molar-refractivity contribution in [2.24, 2.45) is 0 Å². The maximum atomic E-state index is 12.2. The van der Waals surface area contributed by atoms with Crippen molar-refractivity contribution in [3.05, 3.63) is 35.9 Å². The predicted octanol–water partition coefficient (Wildman–Crippen LogP) is 1.67. The van der Waals surface area contributed by atoms with E-state index in [1.807, 2.05) is 51.1 Å². The zero-order chi connectivity index (χ0) is 19.0. The van der Waals surface area contributed by atoms with Crippen molar-refractivity contribution in [2.45, 2.75) is 45.9 Å². The highest BCUT2D eigenvalue weighted by Crippen LogP contribution is 2.02. The van der Waals surface area contributed by atoms with Gasteiger partial charge in [-0.05, 0) is 33.3 Å². The maximum absolute atomic E-state index is 12.2. The monoisotopic (exact) mass is 349 g/mol. The van der Waals surface area contributed by atoms with Gasteiger partial charge in [0.1, 0.15) is 12.6 Å². The number of hydrogen-bond donors (Lipinski definition) is 2. The summed E-state index contributed by atoms with van der Waals surface area (Å²) in [5, 5.41) is 5.25. The molecule has 0 aliphatic heterocycles. The van der Waals surface area contributed by atoms with Gasteiger partial charge in [0.2, 0.25) is 11.8 Å². The van der Waals surface area contributed by atoms with E-state index >= 15 is 0 Å². The van der Waals surface area contributed by atoms with Gasteiger partial charge < -0.3 is 20.3 Å². The number of nitrogens with one attached hydrogen (secondary N) is 2. The van der Waals surface area contributed by atoms with E-state index in [-0.39, 0.29) is 30.5 Å². The third-order valence-electron chi connectivity index (χ3n) is 3.19. The van der Waals surface area contributed by atoms with E-state index in [9.17, 15) is 14.4 Å². The summed E-state index contributed by atoms with van der Waals surface area (Å²) >= 11 is 0. The molecule has 0 spiro atoms. The topological polar surface area (TPSA) is 87.7 Å². The first kappa shape index (κ1) is 20.5. The summed E-state index contributed by atoms with van der Waals surface area (Å²) in [6, 6.07) is 8.44. The van der Waals surface area contributed by atoms with Crippen molar-refractivity contribution >= 4 is 17.9 Å². The molecular formula is C18H27N3O4. The van der Waals surface area contributed by atoms with E-state index in [0.717, 1.165) is 5.56 Å². The van der Waals surface area contributed by atoms with E-state index in [1.165, 1.54) is 11.9 Å². The molecule has 1 aromatic rings. The Hall–Kier alpha value is -2.57. The molecule has 3 amide bonds. The maximum Gasteiger partial charge on any atom is 0.408 e. The molecule has 0 saturated heterocycles. The lowest BCUT2D eigenvalue weighted by Crippen LogP contribution is -2.50. The first-order chi connectivity index (χ1) is 11.6. The smallest absolute Gasteiger partial charge is 0.408 e. The largest absolute Gasteiger partial charge is 0.445 e. The molecule has 0 aliphatic rings. The number of benzene rings is 1. The molecule has 2 N–H and O–H groups in total. The first-order valence-corrected chi connectivity index (χ1v) is 8.11. The van der Waals surface area contributed by atoms with Crippen LogP contribution < -0.4 is 10.6 Å². The van der Waals surface area contributed by atoms with Gasteiger partial charge in [-0.1, -0.05) is 30.3 Å². The molecule has 0 aromatic heterocycles. The molecular weight excluding hydrogens is 322 g/mol. The number of carbonyl (C=O) groups excluding carboxylic acids is 3. The van der Waals surface area contributed by atoms with Crippen LogP contribution in [0.1, 0.15) is 33.3 Å². The Labute approximate surface area is 148 Å². The van der Waals surface area contributed by atoms with E-state index in [1.54, 1.807) is 6.92 Å². The lowest BCUT2D eigenvalue weighted by molar-refractivity contribution is -0.136. The summed E-state index contributed by atoms with van der Waals surface area (Å²) in [6.45, 7) is 7.17. The van der Waals surface area contributed by atoms with E-state index < -0.39 is 12.1 Å². The van der Waals surface area contributed by atoms with Gasteiger partial charge >= 0.3 is 6.09 Å². The average Bonchev–Trinajstić information content (AvgIpc) is 2.51. The molecule has 0 radical (unpaired) electrons. The molecule has 0 heterocycles. The van der Waals surface area contributed by atoms with Gasteiger partial charge in [0.05, 0.1) is 6.54 Å². The number of ether oxygens (including phenoxy) is 1. The van der Waals surface area contributed by atoms with Crippen molar-refractivity contribution in [1.29, 1.82) is 0 Å². The summed E-state index contributed by atoms with van der Waals surface area (Å²) in [5.41, 5.74) is 0.485. The molecule has 0 saturated carbocycles. The quantitative estimate of drug-likeness (QED) is 0.818. The normalized spacial score (nSPS) is 12.0. The Kier molecular flexibility index (Phi) is 7.42. The Balaban J connectivity index is 2.41. The van der Waals surface area contributed by atoms with E-state index in [4.69, 9.17) is 4.74 Å². The van der Waals surface area contributed by atoms with Crippen LogP contribution in [-0.2, 0) is 20.9 Å². The predicted molar refractivity (Wildman–Crippen MR) is 94.8 cm³/mol. The Morgan fingerprint density at radius 2 is 1.76 bits per heavy atom. The molecule has 0 fully saturated rings. The third kappa shape index (κ3) is 8.19. The second-order valence-electron chi connectivity index (χ2n) is 6.92. The van der Waals surface area contributed by atoms with Crippen LogP contribution in [0.5, 0.6) is 0 Å². The van der Waals surface area contributed by atoms with Crippen LogP contribution in [0.3, 0.4) is 0 Å². The van der Waals surface area contributed by atoms with Gasteiger partial charge in [-0.2, -0.15) is 0 Å². The summed E-state index contributed by atoms with van der Waals surface area (Å²) in [6.07, 6.45) is -0.683.